The Balaban J connectivity index is 1.53. The average Bonchev–Trinajstić information content (AvgIpc) is 3.17. The zero-order valence-electron chi connectivity index (χ0n) is 39.7. The van der Waals surface area contributed by atoms with Gasteiger partial charge >= 0.3 is 0 Å². The van der Waals surface area contributed by atoms with Crippen molar-refractivity contribution in [1.29, 1.82) is 0 Å². The van der Waals surface area contributed by atoms with Crippen LogP contribution in [0.25, 0.3) is 0 Å². The number of fused-ring (bicyclic) bond motifs is 1. The molecule has 2 heteroatoms. The molecule has 0 aromatic heterocycles. The van der Waals surface area contributed by atoms with E-state index in [9.17, 15) is 9.59 Å². The Bertz CT molecular complexity index is 1570. The van der Waals surface area contributed by atoms with Gasteiger partial charge in [-0.3, -0.25) is 9.59 Å². The first kappa shape index (κ1) is 51.1. The summed E-state index contributed by atoms with van der Waals surface area (Å²) in [6.07, 6.45) is 37.8. The SMILES string of the molecule is CC(=CCCC(C)=CCCC(C)CCCC(C)CCCC(C)=CCC1=C(C)C(=O)c2ccccc2C1=O)CCC=C(C)CCC=C(C)CCCC(C)CCCC(C)C. The monoisotopic (exact) mass is 793 g/mol. The summed E-state index contributed by atoms with van der Waals surface area (Å²) in [7, 11) is 0. The molecule has 2 nitrogen and oxygen atoms in total. The maximum atomic E-state index is 13.1. The van der Waals surface area contributed by atoms with Crippen molar-refractivity contribution in [3.63, 3.8) is 0 Å². The Morgan fingerprint density at radius 1 is 0.466 bits per heavy atom. The van der Waals surface area contributed by atoms with Crippen molar-refractivity contribution >= 4 is 11.6 Å². The first-order valence-electron chi connectivity index (χ1n) is 23.8. The molecule has 3 atom stereocenters. The molecule has 58 heavy (non-hydrogen) atoms. The second kappa shape index (κ2) is 29.3. The summed E-state index contributed by atoms with van der Waals surface area (Å²) < 4.78 is 0. The van der Waals surface area contributed by atoms with Gasteiger partial charge in [-0.1, -0.05) is 168 Å². The first-order valence-corrected chi connectivity index (χ1v) is 23.8. The minimum absolute atomic E-state index is 0.00761. The molecule has 0 heterocycles. The smallest absolute Gasteiger partial charge is 0.190 e. The van der Waals surface area contributed by atoms with Gasteiger partial charge in [-0.25, -0.2) is 0 Å². The van der Waals surface area contributed by atoms with Gasteiger partial charge in [0.05, 0.1) is 0 Å². The molecule has 324 valence electrons. The topological polar surface area (TPSA) is 34.1 Å². The number of carbonyl (C=O) groups excluding carboxylic acids is 2. The van der Waals surface area contributed by atoms with E-state index in [0.29, 0.717) is 28.7 Å². The number of allylic oxidation sites excluding steroid dienone is 12. The van der Waals surface area contributed by atoms with E-state index in [1.165, 1.54) is 120 Å². The predicted octanol–water partition coefficient (Wildman–Crippen LogP) is 17.9. The van der Waals surface area contributed by atoms with Gasteiger partial charge in [0, 0.05) is 22.3 Å². The van der Waals surface area contributed by atoms with E-state index in [-0.39, 0.29) is 11.6 Å². The fraction of sp³-hybridized carbons (Fsp3) is 0.643. The molecular formula is C56H88O2. The van der Waals surface area contributed by atoms with Gasteiger partial charge in [-0.15, -0.1) is 0 Å². The van der Waals surface area contributed by atoms with Crippen LogP contribution in [-0.2, 0) is 0 Å². The molecule has 1 aliphatic carbocycles. The summed E-state index contributed by atoms with van der Waals surface area (Å²) in [5, 5.41) is 0. The molecule has 0 spiro atoms. The van der Waals surface area contributed by atoms with Crippen LogP contribution in [0.4, 0.5) is 0 Å². The van der Waals surface area contributed by atoms with E-state index in [4.69, 9.17) is 0 Å². The fourth-order valence-corrected chi connectivity index (χ4v) is 8.42. The number of rotatable bonds is 30. The van der Waals surface area contributed by atoms with Crippen LogP contribution in [0.2, 0.25) is 0 Å². The third-order valence-corrected chi connectivity index (χ3v) is 12.8. The molecule has 1 aliphatic rings. The van der Waals surface area contributed by atoms with E-state index in [1.807, 2.05) is 12.1 Å². The summed E-state index contributed by atoms with van der Waals surface area (Å²) in [4.78, 5) is 25.8. The largest absolute Gasteiger partial charge is 0.289 e. The zero-order chi connectivity index (χ0) is 42.9. The molecule has 0 amide bonds. The molecule has 1 aromatic rings. The van der Waals surface area contributed by atoms with Gasteiger partial charge in [0.25, 0.3) is 0 Å². The zero-order valence-corrected chi connectivity index (χ0v) is 39.7. The number of hydrogen-bond donors (Lipinski definition) is 0. The fourth-order valence-electron chi connectivity index (χ4n) is 8.42. The molecule has 0 saturated carbocycles. The van der Waals surface area contributed by atoms with Crippen LogP contribution in [0.3, 0.4) is 0 Å². The number of carbonyl (C=O) groups is 2. The number of benzene rings is 1. The Kier molecular flexibility index (Phi) is 25.8. The lowest BCUT2D eigenvalue weighted by atomic mass is 9.83. The van der Waals surface area contributed by atoms with Crippen molar-refractivity contribution in [2.75, 3.05) is 0 Å². The maximum absolute atomic E-state index is 13.1. The van der Waals surface area contributed by atoms with E-state index in [0.717, 1.165) is 42.9 Å². The summed E-state index contributed by atoms with van der Waals surface area (Å²) in [6.45, 7) is 25.2. The number of Topliss-reactive ketones (excluding diaryl/α,β-unsaturated/α-hetero) is 2. The standard InChI is InChI=1S/C56H88O2/c1-42(2)22-14-23-43(3)24-15-25-44(4)26-16-27-45(5)28-17-29-46(6)30-18-31-47(7)32-19-33-48(8)34-20-35-49(9)36-21-37-50(10)40-41-52-51(11)55(57)53-38-12-13-39-54(53)56(52)58/h12-13,26,28,30,32,38-40,42-43,48-49H,14-25,27,29,31,33-37,41H2,1-11H3. The highest BCUT2D eigenvalue weighted by Gasteiger charge is 2.28. The third kappa shape index (κ3) is 21.8. The molecule has 2 rings (SSSR count). The second-order valence-corrected chi connectivity index (χ2v) is 19.3. The van der Waals surface area contributed by atoms with E-state index < -0.39 is 0 Å². The number of ketones is 2. The molecule has 0 bridgehead atoms. The van der Waals surface area contributed by atoms with E-state index in [1.54, 1.807) is 35.8 Å². The quantitative estimate of drug-likeness (QED) is 0.0727. The Morgan fingerprint density at radius 3 is 1.33 bits per heavy atom. The van der Waals surface area contributed by atoms with Crippen molar-refractivity contribution in [3.8, 4) is 0 Å². The summed E-state index contributed by atoms with van der Waals surface area (Å²) in [5.41, 5.74) is 9.87. The minimum Gasteiger partial charge on any atom is -0.289 e. The first-order chi connectivity index (χ1) is 27.7. The van der Waals surface area contributed by atoms with Crippen LogP contribution in [0.15, 0.2) is 93.7 Å². The van der Waals surface area contributed by atoms with Crippen LogP contribution in [0, 0.1) is 23.7 Å². The van der Waals surface area contributed by atoms with Gasteiger partial charge in [0.2, 0.25) is 0 Å². The maximum Gasteiger partial charge on any atom is 0.190 e. The van der Waals surface area contributed by atoms with Gasteiger partial charge in [-0.2, -0.15) is 0 Å². The molecule has 0 radical (unpaired) electrons. The van der Waals surface area contributed by atoms with E-state index >= 15 is 0 Å². The molecule has 0 fully saturated rings. The van der Waals surface area contributed by atoms with Crippen molar-refractivity contribution in [2.45, 2.75) is 211 Å². The second-order valence-electron chi connectivity index (χ2n) is 19.3. The van der Waals surface area contributed by atoms with Gasteiger partial charge < -0.3 is 0 Å². The van der Waals surface area contributed by atoms with Gasteiger partial charge in [0.1, 0.15) is 0 Å². The van der Waals surface area contributed by atoms with Crippen molar-refractivity contribution in [3.05, 3.63) is 105 Å². The average molecular weight is 793 g/mol. The minimum atomic E-state index is -0.00761. The van der Waals surface area contributed by atoms with Crippen LogP contribution >= 0.6 is 0 Å². The van der Waals surface area contributed by atoms with Crippen LogP contribution in [0.5, 0.6) is 0 Å². The Labute approximate surface area is 359 Å². The molecule has 0 saturated heterocycles. The lowest BCUT2D eigenvalue weighted by Crippen LogP contribution is -2.20. The van der Waals surface area contributed by atoms with Crippen LogP contribution < -0.4 is 0 Å². The molecule has 0 N–H and O–H groups in total. The molecular weight excluding hydrogens is 705 g/mol. The summed E-state index contributed by atoms with van der Waals surface area (Å²) >= 11 is 0. The number of hydrogen-bond acceptors (Lipinski definition) is 2. The predicted molar refractivity (Wildman–Crippen MR) is 256 cm³/mol. The summed E-state index contributed by atoms with van der Waals surface area (Å²) in [6, 6.07) is 7.21. The lowest BCUT2D eigenvalue weighted by molar-refractivity contribution is 0.0973. The van der Waals surface area contributed by atoms with Crippen molar-refractivity contribution in [2.24, 2.45) is 23.7 Å². The lowest BCUT2D eigenvalue weighted by Gasteiger charge is -2.18. The summed E-state index contributed by atoms with van der Waals surface area (Å²) in [5.74, 6) is 3.25. The molecule has 3 unspecified atom stereocenters. The highest BCUT2D eigenvalue weighted by Crippen LogP contribution is 2.29. The molecule has 0 aliphatic heterocycles. The molecule has 1 aromatic carbocycles. The van der Waals surface area contributed by atoms with Crippen LogP contribution in [-0.4, -0.2) is 11.6 Å². The van der Waals surface area contributed by atoms with Crippen LogP contribution in [0.1, 0.15) is 232 Å². The van der Waals surface area contributed by atoms with E-state index in [2.05, 4.69) is 99.6 Å². The highest BCUT2D eigenvalue weighted by atomic mass is 16.1. The highest BCUT2D eigenvalue weighted by molar-refractivity contribution is 6.26. The van der Waals surface area contributed by atoms with Crippen molar-refractivity contribution in [1.82, 2.24) is 0 Å². The van der Waals surface area contributed by atoms with Gasteiger partial charge in [-0.05, 0) is 149 Å². The Hall–Kier alpha value is -3.00. The Morgan fingerprint density at radius 2 is 0.845 bits per heavy atom. The third-order valence-electron chi connectivity index (χ3n) is 12.8. The normalized spacial score (nSPS) is 16.4. The van der Waals surface area contributed by atoms with Crippen molar-refractivity contribution < 1.29 is 9.59 Å². The van der Waals surface area contributed by atoms with Gasteiger partial charge in [0.15, 0.2) is 11.6 Å².